The van der Waals surface area contributed by atoms with E-state index >= 15 is 0 Å². The largest absolute Gasteiger partial charge is 0.356 e. The van der Waals surface area contributed by atoms with Crippen LogP contribution in [0.15, 0.2) is 24.3 Å². The van der Waals surface area contributed by atoms with Crippen molar-refractivity contribution >= 4 is 5.91 Å². The number of benzene rings is 1. The molecule has 1 aliphatic rings. The Morgan fingerprint density at radius 1 is 1.33 bits per heavy atom. The van der Waals surface area contributed by atoms with Crippen LogP contribution in [0.25, 0.3) is 0 Å². The SMILES string of the molecule is O=C1CC(CCc2ccc(F)cc2)CN1. The molecule has 0 aromatic heterocycles. The molecule has 0 aliphatic carbocycles. The monoisotopic (exact) mass is 207 g/mol. The third-order valence-electron chi connectivity index (χ3n) is 2.82. The van der Waals surface area contributed by atoms with Crippen molar-refractivity contribution in [3.05, 3.63) is 35.6 Å². The molecule has 80 valence electrons. The van der Waals surface area contributed by atoms with Gasteiger partial charge >= 0.3 is 0 Å². The van der Waals surface area contributed by atoms with Crippen molar-refractivity contribution in [2.45, 2.75) is 19.3 Å². The smallest absolute Gasteiger partial charge is 0.220 e. The first-order valence-electron chi connectivity index (χ1n) is 5.25. The maximum absolute atomic E-state index is 12.6. The lowest BCUT2D eigenvalue weighted by molar-refractivity contribution is -0.119. The second-order valence-electron chi connectivity index (χ2n) is 4.04. The molecule has 1 heterocycles. The van der Waals surface area contributed by atoms with E-state index in [1.54, 1.807) is 12.1 Å². The van der Waals surface area contributed by atoms with Crippen molar-refractivity contribution < 1.29 is 9.18 Å². The Hall–Kier alpha value is -1.38. The first-order chi connectivity index (χ1) is 7.24. The van der Waals surface area contributed by atoms with E-state index < -0.39 is 0 Å². The van der Waals surface area contributed by atoms with Gasteiger partial charge in [-0.2, -0.15) is 0 Å². The van der Waals surface area contributed by atoms with Gasteiger partial charge < -0.3 is 5.32 Å². The first kappa shape index (κ1) is 10.1. The van der Waals surface area contributed by atoms with E-state index in [4.69, 9.17) is 0 Å². The average molecular weight is 207 g/mol. The van der Waals surface area contributed by atoms with Crippen LogP contribution in [0.2, 0.25) is 0 Å². The molecule has 1 atom stereocenters. The predicted octanol–water partition coefficient (Wildman–Crippen LogP) is 1.89. The van der Waals surface area contributed by atoms with Crippen molar-refractivity contribution in [2.75, 3.05) is 6.54 Å². The van der Waals surface area contributed by atoms with Crippen LogP contribution in [0.1, 0.15) is 18.4 Å². The van der Waals surface area contributed by atoms with Gasteiger partial charge in [-0.1, -0.05) is 12.1 Å². The maximum atomic E-state index is 12.6. The second-order valence-corrected chi connectivity index (χ2v) is 4.04. The van der Waals surface area contributed by atoms with Gasteiger partial charge in [-0.05, 0) is 36.5 Å². The average Bonchev–Trinajstić information content (AvgIpc) is 2.64. The number of carbonyl (C=O) groups excluding carboxylic acids is 1. The van der Waals surface area contributed by atoms with Crippen LogP contribution in [0.3, 0.4) is 0 Å². The molecule has 1 amide bonds. The molecule has 1 aromatic rings. The van der Waals surface area contributed by atoms with E-state index in [1.807, 2.05) is 0 Å². The molecule has 1 aliphatic heterocycles. The van der Waals surface area contributed by atoms with Gasteiger partial charge in [0.15, 0.2) is 0 Å². The Bertz CT molecular complexity index is 347. The molecular weight excluding hydrogens is 193 g/mol. The minimum absolute atomic E-state index is 0.152. The summed E-state index contributed by atoms with van der Waals surface area (Å²) in [5.41, 5.74) is 1.13. The molecule has 1 aromatic carbocycles. The summed E-state index contributed by atoms with van der Waals surface area (Å²) in [5, 5.41) is 2.82. The van der Waals surface area contributed by atoms with Gasteiger partial charge in [-0.15, -0.1) is 0 Å². The lowest BCUT2D eigenvalue weighted by Crippen LogP contribution is -2.14. The minimum Gasteiger partial charge on any atom is -0.356 e. The van der Waals surface area contributed by atoms with Crippen LogP contribution in [-0.2, 0) is 11.2 Å². The highest BCUT2D eigenvalue weighted by Gasteiger charge is 2.20. The van der Waals surface area contributed by atoms with E-state index in [1.165, 1.54) is 12.1 Å². The lowest BCUT2D eigenvalue weighted by Gasteiger charge is -2.06. The van der Waals surface area contributed by atoms with Crippen molar-refractivity contribution in [3.63, 3.8) is 0 Å². The van der Waals surface area contributed by atoms with Crippen molar-refractivity contribution in [2.24, 2.45) is 5.92 Å². The van der Waals surface area contributed by atoms with Crippen LogP contribution < -0.4 is 5.32 Å². The maximum Gasteiger partial charge on any atom is 0.220 e. The Balaban J connectivity index is 1.83. The Morgan fingerprint density at radius 3 is 2.67 bits per heavy atom. The van der Waals surface area contributed by atoms with Gasteiger partial charge in [0.2, 0.25) is 5.91 Å². The Labute approximate surface area is 88.5 Å². The molecular formula is C12H14FNO. The zero-order chi connectivity index (χ0) is 10.7. The van der Waals surface area contributed by atoms with Crippen molar-refractivity contribution in [1.82, 2.24) is 5.32 Å². The topological polar surface area (TPSA) is 29.1 Å². The summed E-state index contributed by atoms with van der Waals surface area (Å²) < 4.78 is 12.6. The van der Waals surface area contributed by atoms with Gasteiger partial charge in [0.25, 0.3) is 0 Å². The molecule has 3 heteroatoms. The molecule has 1 saturated heterocycles. The summed E-state index contributed by atoms with van der Waals surface area (Å²) in [6.45, 7) is 0.792. The molecule has 2 nitrogen and oxygen atoms in total. The predicted molar refractivity (Wildman–Crippen MR) is 55.8 cm³/mol. The summed E-state index contributed by atoms with van der Waals surface area (Å²) in [7, 11) is 0. The Kier molecular flexibility index (Phi) is 2.99. The quantitative estimate of drug-likeness (QED) is 0.805. The first-order valence-corrected chi connectivity index (χ1v) is 5.25. The zero-order valence-corrected chi connectivity index (χ0v) is 8.50. The normalized spacial score (nSPS) is 20.3. The van der Waals surface area contributed by atoms with Gasteiger partial charge in [0.1, 0.15) is 5.82 Å². The van der Waals surface area contributed by atoms with Crippen LogP contribution >= 0.6 is 0 Å². The highest BCUT2D eigenvalue weighted by atomic mass is 19.1. The van der Waals surface area contributed by atoms with Crippen molar-refractivity contribution in [3.8, 4) is 0 Å². The lowest BCUT2D eigenvalue weighted by atomic mass is 9.99. The van der Waals surface area contributed by atoms with Crippen molar-refractivity contribution in [1.29, 1.82) is 0 Å². The molecule has 1 unspecified atom stereocenters. The number of hydrogen-bond donors (Lipinski definition) is 1. The zero-order valence-electron chi connectivity index (χ0n) is 8.50. The van der Waals surface area contributed by atoms with Crippen LogP contribution in [-0.4, -0.2) is 12.5 Å². The third kappa shape index (κ3) is 2.78. The summed E-state index contributed by atoms with van der Waals surface area (Å²) in [4.78, 5) is 10.9. The fourth-order valence-corrected chi connectivity index (χ4v) is 1.89. The van der Waals surface area contributed by atoms with E-state index in [9.17, 15) is 9.18 Å². The van der Waals surface area contributed by atoms with Gasteiger partial charge in [0, 0.05) is 13.0 Å². The second kappa shape index (κ2) is 4.43. The molecule has 0 spiro atoms. The van der Waals surface area contributed by atoms with E-state index in [0.29, 0.717) is 12.3 Å². The summed E-state index contributed by atoms with van der Waals surface area (Å²) in [6, 6.07) is 6.57. The number of carbonyl (C=O) groups is 1. The van der Waals surface area contributed by atoms with Crippen LogP contribution in [0.5, 0.6) is 0 Å². The number of rotatable bonds is 3. The summed E-state index contributed by atoms with van der Waals surface area (Å²) in [5.74, 6) is 0.401. The van der Waals surface area contributed by atoms with Gasteiger partial charge in [0.05, 0.1) is 0 Å². The highest BCUT2D eigenvalue weighted by Crippen LogP contribution is 2.16. The highest BCUT2D eigenvalue weighted by molar-refractivity contribution is 5.78. The van der Waals surface area contributed by atoms with Gasteiger partial charge in [-0.25, -0.2) is 4.39 Å². The third-order valence-corrected chi connectivity index (χ3v) is 2.82. The van der Waals surface area contributed by atoms with E-state index in [-0.39, 0.29) is 11.7 Å². The number of halogens is 1. The molecule has 1 fully saturated rings. The number of amides is 1. The number of hydrogen-bond acceptors (Lipinski definition) is 1. The minimum atomic E-state index is -0.198. The summed E-state index contributed by atoms with van der Waals surface area (Å²) in [6.07, 6.45) is 2.55. The standard InChI is InChI=1S/C12H14FNO/c13-11-5-3-9(4-6-11)1-2-10-7-12(15)14-8-10/h3-6,10H,1-2,7-8H2,(H,14,15). The van der Waals surface area contributed by atoms with E-state index in [2.05, 4.69) is 5.32 Å². The molecule has 2 rings (SSSR count). The number of aryl methyl sites for hydroxylation is 1. The van der Waals surface area contributed by atoms with Crippen LogP contribution in [0, 0.1) is 11.7 Å². The number of nitrogens with one attached hydrogen (secondary N) is 1. The van der Waals surface area contributed by atoms with E-state index in [0.717, 1.165) is 24.9 Å². The molecule has 1 N–H and O–H groups in total. The van der Waals surface area contributed by atoms with Crippen LogP contribution in [0.4, 0.5) is 4.39 Å². The van der Waals surface area contributed by atoms with Gasteiger partial charge in [-0.3, -0.25) is 4.79 Å². The fourth-order valence-electron chi connectivity index (χ4n) is 1.89. The molecule has 0 radical (unpaired) electrons. The summed E-state index contributed by atoms with van der Waals surface area (Å²) >= 11 is 0. The molecule has 15 heavy (non-hydrogen) atoms. The fraction of sp³-hybridized carbons (Fsp3) is 0.417. The molecule has 0 bridgehead atoms. The molecule has 0 saturated carbocycles. The Morgan fingerprint density at radius 2 is 2.07 bits per heavy atom.